The third-order valence-corrected chi connectivity index (χ3v) is 4.29. The van der Waals surface area contributed by atoms with Crippen LogP contribution in [-0.2, 0) is 4.79 Å². The molecule has 0 unspecified atom stereocenters. The molecule has 0 aromatic heterocycles. The number of benzene rings is 1. The number of methoxy groups -OCH3 is 1. The molecule has 120 valence electrons. The lowest BCUT2D eigenvalue weighted by atomic mass is 10.1. The number of carbonyl (C=O) groups excluding carboxylic acids is 2. The van der Waals surface area contributed by atoms with Crippen molar-refractivity contribution in [2.75, 3.05) is 20.2 Å². The Morgan fingerprint density at radius 3 is 2.73 bits per heavy atom. The van der Waals surface area contributed by atoms with Gasteiger partial charge >= 0.3 is 6.03 Å². The quantitative estimate of drug-likeness (QED) is 0.833. The molecule has 2 rings (SSSR count). The van der Waals surface area contributed by atoms with Crippen molar-refractivity contribution in [3.05, 3.63) is 28.2 Å². The van der Waals surface area contributed by atoms with Crippen LogP contribution in [0.2, 0.25) is 0 Å². The molecular formula is C15H20BrN3O3. The molecule has 1 saturated heterocycles. The molecule has 1 fully saturated rings. The van der Waals surface area contributed by atoms with Crippen LogP contribution in [0.25, 0.3) is 0 Å². The van der Waals surface area contributed by atoms with Crippen molar-refractivity contribution in [3.63, 3.8) is 0 Å². The second kappa shape index (κ2) is 7.11. The molecule has 0 aliphatic carbocycles. The number of urea groups is 1. The van der Waals surface area contributed by atoms with E-state index in [1.165, 1.54) is 4.90 Å². The molecule has 1 aromatic rings. The van der Waals surface area contributed by atoms with Crippen molar-refractivity contribution < 1.29 is 14.3 Å². The first-order chi connectivity index (χ1) is 10.4. The molecular weight excluding hydrogens is 350 g/mol. The van der Waals surface area contributed by atoms with E-state index in [0.29, 0.717) is 13.1 Å². The average Bonchev–Trinajstić information content (AvgIpc) is 2.92. The number of nitrogens with zero attached hydrogens (tertiary/aromatic N) is 1. The highest BCUT2D eigenvalue weighted by Crippen LogP contribution is 2.28. The van der Waals surface area contributed by atoms with Gasteiger partial charge in [0.15, 0.2) is 0 Å². The number of imide groups is 1. The molecule has 6 nitrogen and oxygen atoms in total. The standard InChI is InChI=1S/C15H20BrN3O3/c1-9(11-4-5-13(22-3)12(16)8-11)18-10(2)14(20)19-7-6-17-15(19)21/h4-5,8-10,18H,6-7H2,1-3H3,(H,17,21)/t9-,10-/m1/s1. The predicted octanol–water partition coefficient (Wildman–Crippen LogP) is 2.05. The highest BCUT2D eigenvalue weighted by atomic mass is 79.9. The Hall–Kier alpha value is -1.60. The van der Waals surface area contributed by atoms with Crippen molar-refractivity contribution in [2.24, 2.45) is 0 Å². The van der Waals surface area contributed by atoms with Gasteiger partial charge in [0.1, 0.15) is 5.75 Å². The summed E-state index contributed by atoms with van der Waals surface area (Å²) in [5.41, 5.74) is 1.03. The highest BCUT2D eigenvalue weighted by Gasteiger charge is 2.30. The van der Waals surface area contributed by atoms with E-state index in [-0.39, 0.29) is 18.0 Å². The summed E-state index contributed by atoms with van der Waals surface area (Å²) < 4.78 is 6.07. The fourth-order valence-corrected chi connectivity index (χ4v) is 2.97. The van der Waals surface area contributed by atoms with Crippen molar-refractivity contribution in [2.45, 2.75) is 25.9 Å². The highest BCUT2D eigenvalue weighted by molar-refractivity contribution is 9.10. The minimum atomic E-state index is -0.445. The van der Waals surface area contributed by atoms with Crippen molar-refractivity contribution in [1.82, 2.24) is 15.5 Å². The zero-order chi connectivity index (χ0) is 16.3. The van der Waals surface area contributed by atoms with E-state index in [4.69, 9.17) is 4.74 Å². The van der Waals surface area contributed by atoms with Gasteiger partial charge in [0.2, 0.25) is 5.91 Å². The van der Waals surface area contributed by atoms with Crippen LogP contribution in [0.5, 0.6) is 5.75 Å². The van der Waals surface area contributed by atoms with Gasteiger partial charge in [-0.2, -0.15) is 0 Å². The van der Waals surface area contributed by atoms with Gasteiger partial charge in [0.25, 0.3) is 0 Å². The molecule has 0 radical (unpaired) electrons. The number of halogens is 1. The van der Waals surface area contributed by atoms with Crippen molar-refractivity contribution in [1.29, 1.82) is 0 Å². The lowest BCUT2D eigenvalue weighted by Gasteiger charge is -2.23. The monoisotopic (exact) mass is 369 g/mol. The van der Waals surface area contributed by atoms with Crippen molar-refractivity contribution >= 4 is 27.9 Å². The Morgan fingerprint density at radius 1 is 1.45 bits per heavy atom. The van der Waals surface area contributed by atoms with Crippen LogP contribution >= 0.6 is 15.9 Å². The topological polar surface area (TPSA) is 70.7 Å². The molecule has 0 bridgehead atoms. The summed E-state index contributed by atoms with van der Waals surface area (Å²) in [6, 6.07) is 4.97. The number of hydrogen-bond acceptors (Lipinski definition) is 4. The Bertz CT molecular complexity index is 579. The van der Waals surface area contributed by atoms with E-state index in [1.54, 1.807) is 14.0 Å². The number of amides is 3. The van der Waals surface area contributed by atoms with Gasteiger partial charge in [-0.1, -0.05) is 6.07 Å². The zero-order valence-electron chi connectivity index (χ0n) is 12.9. The van der Waals surface area contributed by atoms with Gasteiger partial charge in [0.05, 0.1) is 17.6 Å². The van der Waals surface area contributed by atoms with Gasteiger partial charge in [-0.15, -0.1) is 0 Å². The molecule has 1 aromatic carbocycles. The SMILES string of the molecule is COc1ccc([C@@H](C)N[C@H](C)C(=O)N2CCNC2=O)cc1Br. The van der Waals surface area contributed by atoms with Crippen LogP contribution in [0.3, 0.4) is 0 Å². The summed E-state index contributed by atoms with van der Waals surface area (Å²) in [6.45, 7) is 4.68. The van der Waals surface area contributed by atoms with Crippen LogP contribution in [0.15, 0.2) is 22.7 Å². The maximum Gasteiger partial charge on any atom is 0.324 e. The van der Waals surface area contributed by atoms with E-state index < -0.39 is 6.04 Å². The second-order valence-electron chi connectivity index (χ2n) is 5.23. The number of hydrogen-bond donors (Lipinski definition) is 2. The Morgan fingerprint density at radius 2 is 2.18 bits per heavy atom. The lowest BCUT2D eigenvalue weighted by molar-refractivity contribution is -0.129. The van der Waals surface area contributed by atoms with Gasteiger partial charge in [-0.3, -0.25) is 15.0 Å². The van der Waals surface area contributed by atoms with E-state index in [2.05, 4.69) is 26.6 Å². The van der Waals surface area contributed by atoms with Gasteiger partial charge in [-0.05, 0) is 47.5 Å². The van der Waals surface area contributed by atoms with Gasteiger partial charge < -0.3 is 10.1 Å². The van der Waals surface area contributed by atoms with Crippen LogP contribution in [0.1, 0.15) is 25.5 Å². The summed E-state index contributed by atoms with van der Waals surface area (Å²) in [7, 11) is 1.61. The maximum absolute atomic E-state index is 12.3. The van der Waals surface area contributed by atoms with Gasteiger partial charge in [-0.25, -0.2) is 4.79 Å². The minimum absolute atomic E-state index is 0.0354. The number of nitrogens with one attached hydrogen (secondary N) is 2. The maximum atomic E-state index is 12.3. The molecule has 2 N–H and O–H groups in total. The Kier molecular flexibility index (Phi) is 5.42. The van der Waals surface area contributed by atoms with E-state index in [0.717, 1.165) is 15.8 Å². The Balaban J connectivity index is 2.01. The van der Waals surface area contributed by atoms with Gasteiger partial charge in [0, 0.05) is 19.1 Å². The summed E-state index contributed by atoms with van der Waals surface area (Å²) in [5.74, 6) is 0.545. The number of carbonyl (C=O) groups is 2. The van der Waals surface area contributed by atoms with Crippen LogP contribution < -0.4 is 15.4 Å². The number of ether oxygens (including phenoxy) is 1. The first kappa shape index (κ1) is 16.8. The Labute approximate surface area is 138 Å². The molecule has 7 heteroatoms. The normalized spacial score (nSPS) is 17.1. The van der Waals surface area contributed by atoms with E-state index >= 15 is 0 Å². The fourth-order valence-electron chi connectivity index (χ4n) is 2.41. The first-order valence-corrected chi connectivity index (χ1v) is 7.92. The summed E-state index contributed by atoms with van der Waals surface area (Å²) >= 11 is 3.45. The third kappa shape index (κ3) is 3.59. The molecule has 0 saturated carbocycles. The molecule has 2 atom stereocenters. The smallest absolute Gasteiger partial charge is 0.324 e. The lowest BCUT2D eigenvalue weighted by Crippen LogP contribution is -2.46. The molecule has 22 heavy (non-hydrogen) atoms. The van der Waals surface area contributed by atoms with Crippen LogP contribution in [0.4, 0.5) is 4.79 Å². The van der Waals surface area contributed by atoms with Crippen LogP contribution in [-0.4, -0.2) is 43.1 Å². The molecule has 1 aliphatic heterocycles. The van der Waals surface area contributed by atoms with Crippen LogP contribution in [0, 0.1) is 0 Å². The largest absolute Gasteiger partial charge is 0.496 e. The summed E-state index contributed by atoms with van der Waals surface area (Å²) in [5, 5.41) is 5.85. The van der Waals surface area contributed by atoms with E-state index in [9.17, 15) is 9.59 Å². The summed E-state index contributed by atoms with van der Waals surface area (Å²) in [6.07, 6.45) is 0. The average molecular weight is 370 g/mol. The van der Waals surface area contributed by atoms with Crippen molar-refractivity contribution in [3.8, 4) is 5.75 Å². The molecule has 3 amide bonds. The summed E-state index contributed by atoms with van der Waals surface area (Å²) in [4.78, 5) is 25.0. The molecule has 0 spiro atoms. The van der Waals surface area contributed by atoms with E-state index in [1.807, 2.05) is 25.1 Å². The molecule has 1 heterocycles. The third-order valence-electron chi connectivity index (χ3n) is 3.67. The minimum Gasteiger partial charge on any atom is -0.496 e. The fraction of sp³-hybridized carbons (Fsp3) is 0.467. The first-order valence-electron chi connectivity index (χ1n) is 7.12. The molecule has 1 aliphatic rings. The zero-order valence-corrected chi connectivity index (χ0v) is 14.4. The second-order valence-corrected chi connectivity index (χ2v) is 6.08. The number of rotatable bonds is 5. The predicted molar refractivity (Wildman–Crippen MR) is 86.8 cm³/mol.